The maximum absolute atomic E-state index is 13.2. The molecule has 29 heavy (non-hydrogen) atoms. The first-order chi connectivity index (χ1) is 13.5. The number of nitrogens with zero attached hydrogens (tertiary/aromatic N) is 4. The molecular formula is C20H20Cl2FN5O. The first-order valence-corrected chi connectivity index (χ1v) is 9.37. The molecule has 0 spiro atoms. The van der Waals surface area contributed by atoms with Gasteiger partial charge in [0.05, 0.1) is 11.7 Å². The van der Waals surface area contributed by atoms with E-state index in [-0.39, 0.29) is 36.0 Å². The molecular weight excluding hydrogens is 416 g/mol. The van der Waals surface area contributed by atoms with Crippen molar-refractivity contribution in [3.63, 3.8) is 0 Å². The lowest BCUT2D eigenvalue weighted by atomic mass is 10.0. The van der Waals surface area contributed by atoms with Crippen LogP contribution < -0.4 is 5.32 Å². The quantitative estimate of drug-likeness (QED) is 0.682. The van der Waals surface area contributed by atoms with Crippen LogP contribution in [0.2, 0.25) is 5.02 Å². The van der Waals surface area contributed by atoms with Gasteiger partial charge in [0.25, 0.3) is 5.91 Å². The maximum atomic E-state index is 13.2. The summed E-state index contributed by atoms with van der Waals surface area (Å²) in [7, 11) is 0. The van der Waals surface area contributed by atoms with Crippen LogP contribution in [-0.4, -0.2) is 45.2 Å². The number of carbonyl (C=O) groups is 1. The molecule has 1 N–H and O–H groups in total. The molecule has 3 aromatic rings. The number of benzene rings is 2. The lowest BCUT2D eigenvalue weighted by molar-refractivity contribution is 0.0621. The van der Waals surface area contributed by atoms with E-state index in [1.807, 2.05) is 24.3 Å². The number of rotatable bonds is 3. The largest absolute Gasteiger partial charge is 0.326 e. The zero-order chi connectivity index (χ0) is 19.7. The van der Waals surface area contributed by atoms with Crippen LogP contribution in [-0.2, 0) is 0 Å². The number of aromatic nitrogens is 3. The standard InChI is InChI=1S/C20H19ClFN5O.ClH/c1-13-24-19(25-27(13)17-7-5-16(22)6-8-17)20(28)26-10-9-23-12-18(26)14-3-2-4-15(21)11-14;/h2-8,11,18,23H,9-10,12H2,1H3;1H. The number of hydrogen-bond acceptors (Lipinski definition) is 4. The molecule has 0 bridgehead atoms. The molecule has 0 radical (unpaired) electrons. The monoisotopic (exact) mass is 435 g/mol. The topological polar surface area (TPSA) is 63.1 Å². The first kappa shape index (κ1) is 21.2. The van der Waals surface area contributed by atoms with Crippen LogP contribution >= 0.6 is 24.0 Å². The predicted octanol–water partition coefficient (Wildman–Crippen LogP) is 3.58. The van der Waals surface area contributed by atoms with Crippen molar-refractivity contribution in [3.8, 4) is 5.69 Å². The average molecular weight is 436 g/mol. The third-order valence-electron chi connectivity index (χ3n) is 4.77. The molecule has 9 heteroatoms. The molecule has 6 nitrogen and oxygen atoms in total. The molecule has 1 saturated heterocycles. The minimum Gasteiger partial charge on any atom is -0.326 e. The van der Waals surface area contributed by atoms with Gasteiger partial charge in [-0.05, 0) is 48.9 Å². The third kappa shape index (κ3) is 4.42. The smallest absolute Gasteiger partial charge is 0.294 e. The molecule has 1 amide bonds. The average Bonchev–Trinajstić information content (AvgIpc) is 3.10. The van der Waals surface area contributed by atoms with Gasteiger partial charge in [0, 0.05) is 24.7 Å². The number of piperazine rings is 1. The molecule has 1 fully saturated rings. The Kier molecular flexibility index (Phi) is 6.52. The normalized spacial score (nSPS) is 16.4. The molecule has 1 aliphatic rings. The Hall–Kier alpha value is -2.48. The summed E-state index contributed by atoms with van der Waals surface area (Å²) in [6, 6.07) is 13.3. The molecule has 0 aliphatic carbocycles. The SMILES string of the molecule is Cc1nc(C(=O)N2CCNCC2c2cccc(Cl)c2)nn1-c1ccc(F)cc1.Cl. The summed E-state index contributed by atoms with van der Waals surface area (Å²) in [6.07, 6.45) is 0. The number of aryl methyl sites for hydroxylation is 1. The molecule has 1 aliphatic heterocycles. The van der Waals surface area contributed by atoms with Crippen LogP contribution in [0.25, 0.3) is 5.69 Å². The first-order valence-electron chi connectivity index (χ1n) is 8.99. The Morgan fingerprint density at radius 2 is 2.00 bits per heavy atom. The second-order valence-electron chi connectivity index (χ2n) is 6.64. The van der Waals surface area contributed by atoms with Gasteiger partial charge >= 0.3 is 0 Å². The van der Waals surface area contributed by atoms with Gasteiger partial charge in [-0.2, -0.15) is 0 Å². The minimum absolute atomic E-state index is 0. The van der Waals surface area contributed by atoms with Crippen LogP contribution in [0.15, 0.2) is 48.5 Å². The van der Waals surface area contributed by atoms with Gasteiger partial charge in [-0.15, -0.1) is 17.5 Å². The molecule has 1 atom stereocenters. The zero-order valence-electron chi connectivity index (χ0n) is 15.7. The van der Waals surface area contributed by atoms with Crippen molar-refractivity contribution in [2.75, 3.05) is 19.6 Å². The summed E-state index contributed by atoms with van der Waals surface area (Å²) >= 11 is 6.13. The molecule has 0 saturated carbocycles. The minimum atomic E-state index is -0.331. The highest BCUT2D eigenvalue weighted by Crippen LogP contribution is 2.26. The van der Waals surface area contributed by atoms with E-state index < -0.39 is 0 Å². The van der Waals surface area contributed by atoms with Crippen molar-refractivity contribution in [1.82, 2.24) is 25.0 Å². The van der Waals surface area contributed by atoms with Gasteiger partial charge in [0.2, 0.25) is 5.82 Å². The van der Waals surface area contributed by atoms with Crippen LogP contribution in [0.3, 0.4) is 0 Å². The van der Waals surface area contributed by atoms with Gasteiger partial charge < -0.3 is 10.2 Å². The van der Waals surface area contributed by atoms with E-state index in [1.165, 1.54) is 12.1 Å². The number of amides is 1. The van der Waals surface area contributed by atoms with Crippen molar-refractivity contribution in [3.05, 3.63) is 76.6 Å². The predicted molar refractivity (Wildman–Crippen MR) is 111 cm³/mol. The van der Waals surface area contributed by atoms with E-state index in [1.54, 1.807) is 28.6 Å². The fourth-order valence-electron chi connectivity index (χ4n) is 3.40. The van der Waals surface area contributed by atoms with Crippen molar-refractivity contribution in [1.29, 1.82) is 0 Å². The Bertz CT molecular complexity index is 1010. The Morgan fingerprint density at radius 1 is 1.24 bits per heavy atom. The van der Waals surface area contributed by atoms with Crippen LogP contribution in [0.4, 0.5) is 4.39 Å². The van der Waals surface area contributed by atoms with E-state index in [4.69, 9.17) is 11.6 Å². The van der Waals surface area contributed by atoms with E-state index >= 15 is 0 Å². The van der Waals surface area contributed by atoms with Crippen molar-refractivity contribution in [2.45, 2.75) is 13.0 Å². The zero-order valence-corrected chi connectivity index (χ0v) is 17.3. The van der Waals surface area contributed by atoms with E-state index in [0.29, 0.717) is 36.2 Å². The molecule has 4 rings (SSSR count). The second-order valence-corrected chi connectivity index (χ2v) is 7.08. The molecule has 1 aromatic heterocycles. The van der Waals surface area contributed by atoms with Gasteiger partial charge in [-0.3, -0.25) is 4.79 Å². The van der Waals surface area contributed by atoms with Gasteiger partial charge in [-0.25, -0.2) is 14.1 Å². The Labute approximate surface area is 179 Å². The molecule has 1 unspecified atom stereocenters. The van der Waals surface area contributed by atoms with Crippen molar-refractivity contribution in [2.24, 2.45) is 0 Å². The highest BCUT2D eigenvalue weighted by Gasteiger charge is 2.31. The number of hydrogen-bond donors (Lipinski definition) is 1. The Balaban J connectivity index is 0.00000240. The van der Waals surface area contributed by atoms with Crippen LogP contribution in [0, 0.1) is 12.7 Å². The second kappa shape index (κ2) is 8.90. The van der Waals surface area contributed by atoms with Crippen molar-refractivity contribution < 1.29 is 9.18 Å². The van der Waals surface area contributed by atoms with Crippen LogP contribution in [0.5, 0.6) is 0 Å². The van der Waals surface area contributed by atoms with Gasteiger partial charge in [-0.1, -0.05) is 23.7 Å². The summed E-state index contributed by atoms with van der Waals surface area (Å²) in [5.74, 6) is 0.110. The van der Waals surface area contributed by atoms with E-state index in [2.05, 4.69) is 15.4 Å². The van der Waals surface area contributed by atoms with Crippen molar-refractivity contribution >= 4 is 29.9 Å². The number of carbonyl (C=O) groups excluding carboxylic acids is 1. The lowest BCUT2D eigenvalue weighted by Gasteiger charge is -2.36. The van der Waals surface area contributed by atoms with E-state index in [0.717, 1.165) is 5.56 Å². The summed E-state index contributed by atoms with van der Waals surface area (Å²) in [6.45, 7) is 3.63. The Morgan fingerprint density at radius 3 is 2.72 bits per heavy atom. The molecule has 152 valence electrons. The highest BCUT2D eigenvalue weighted by atomic mass is 35.5. The van der Waals surface area contributed by atoms with Gasteiger partial charge in [0.15, 0.2) is 0 Å². The molecule has 2 aromatic carbocycles. The third-order valence-corrected chi connectivity index (χ3v) is 5.00. The fourth-order valence-corrected chi connectivity index (χ4v) is 3.59. The number of nitrogens with one attached hydrogen (secondary N) is 1. The number of halogens is 3. The summed E-state index contributed by atoms with van der Waals surface area (Å²) in [5.41, 5.74) is 1.61. The van der Waals surface area contributed by atoms with Crippen LogP contribution in [0.1, 0.15) is 28.0 Å². The lowest BCUT2D eigenvalue weighted by Crippen LogP contribution is -2.49. The van der Waals surface area contributed by atoms with E-state index in [9.17, 15) is 9.18 Å². The summed E-state index contributed by atoms with van der Waals surface area (Å²) in [5, 5.41) is 8.32. The molecule has 2 heterocycles. The van der Waals surface area contributed by atoms with Gasteiger partial charge in [0.1, 0.15) is 11.6 Å². The fraction of sp³-hybridized carbons (Fsp3) is 0.250. The maximum Gasteiger partial charge on any atom is 0.294 e. The summed E-state index contributed by atoms with van der Waals surface area (Å²) < 4.78 is 14.7. The highest BCUT2D eigenvalue weighted by molar-refractivity contribution is 6.30. The summed E-state index contributed by atoms with van der Waals surface area (Å²) in [4.78, 5) is 19.3.